The van der Waals surface area contributed by atoms with Gasteiger partial charge in [-0.1, -0.05) is 50.6 Å². The van der Waals surface area contributed by atoms with E-state index >= 15 is 4.39 Å². The molecule has 5 heterocycles. The highest BCUT2D eigenvalue weighted by atomic mass is 19.1. The summed E-state index contributed by atoms with van der Waals surface area (Å²) in [6.07, 6.45) is 2.07. The van der Waals surface area contributed by atoms with Crippen molar-refractivity contribution in [1.29, 1.82) is 0 Å². The van der Waals surface area contributed by atoms with Crippen molar-refractivity contribution in [1.82, 2.24) is 35.7 Å². The van der Waals surface area contributed by atoms with Crippen LogP contribution in [-0.2, 0) is 84.3 Å². The van der Waals surface area contributed by atoms with Crippen LogP contribution < -0.4 is 26.8 Å². The Kier molecular flexibility index (Phi) is 17.5. The SMILES string of the molecule is CC[C@@]1(O)C(=O)OCc2c1cc1n(c2=O)Cc2c-1nc1cc(F)c(C)c3c1c2[C@@H](NC(=O)CNC(=O)CCC(=O)CNC(=O)[C@@H](CC(=O)CNC(=O)CCC(=O)CCCCCN1C(=O)CC(C)C1=O)Cc1ccccc1)CC3. The second kappa shape index (κ2) is 24.2. The number of aliphatic hydroxyl groups is 1. The van der Waals surface area contributed by atoms with Crippen LogP contribution in [0.25, 0.3) is 22.3 Å². The molecule has 3 aliphatic heterocycles. The van der Waals surface area contributed by atoms with Gasteiger partial charge in [0.1, 0.15) is 18.2 Å². The second-order valence-electron chi connectivity index (χ2n) is 20.7. The van der Waals surface area contributed by atoms with Crippen molar-refractivity contribution in [3.05, 3.63) is 97.6 Å². The Morgan fingerprint density at radius 1 is 0.833 bits per heavy atom. The Labute approximate surface area is 448 Å². The number of esters is 1. The van der Waals surface area contributed by atoms with Crippen LogP contribution in [-0.4, -0.2) is 104 Å². The monoisotopic (exact) mass is 1070 g/mol. The highest BCUT2D eigenvalue weighted by molar-refractivity contribution is 6.03. The Bertz CT molecular complexity index is 3190. The molecule has 0 saturated carbocycles. The molecule has 20 nitrogen and oxygen atoms in total. The minimum absolute atomic E-state index is 0.0236. The van der Waals surface area contributed by atoms with Gasteiger partial charge in [0.15, 0.2) is 17.2 Å². The third-order valence-electron chi connectivity index (χ3n) is 15.3. The average Bonchev–Trinajstić information content (AvgIpc) is 4.07. The summed E-state index contributed by atoms with van der Waals surface area (Å²) < 4.78 is 22.1. The second-order valence-corrected chi connectivity index (χ2v) is 20.7. The van der Waals surface area contributed by atoms with Crippen LogP contribution in [0.1, 0.15) is 136 Å². The van der Waals surface area contributed by atoms with E-state index < -0.39 is 83.2 Å². The topological polar surface area (TPSA) is 286 Å². The van der Waals surface area contributed by atoms with Crippen LogP contribution >= 0.6 is 0 Å². The van der Waals surface area contributed by atoms with Gasteiger partial charge in [0, 0.05) is 85.9 Å². The normalized spacial score (nSPS) is 18.4. The van der Waals surface area contributed by atoms with Gasteiger partial charge in [-0.3, -0.25) is 52.8 Å². The summed E-state index contributed by atoms with van der Waals surface area (Å²) in [4.78, 5) is 148. The lowest BCUT2D eigenvalue weighted by molar-refractivity contribution is -0.172. The molecule has 412 valence electrons. The first-order chi connectivity index (χ1) is 37.3. The van der Waals surface area contributed by atoms with E-state index in [1.54, 1.807) is 57.2 Å². The van der Waals surface area contributed by atoms with Gasteiger partial charge in [0.25, 0.3) is 5.56 Å². The number of pyridine rings is 2. The number of hydrogen-bond acceptors (Lipinski definition) is 14. The standard InChI is InChI=1S/C57H64FN7O13/c1-4-57(77)41-24-45-52-39(29-65(45)55(75)40(41)30-78-56(57)76)51-43(17-16-38-32(3)42(58)25-44(63-52)50(38)51)62-48(71)28-60-47(70)19-15-36(67)26-61-53(73)34(22-33-11-7-5-8-12-33)23-37(68)27-59-46(69)18-14-35(66)13-9-6-10-20-64-49(72)21-31(2)54(64)74/h5,7-8,11-12,24-25,31,34,43,77H,4,6,9-10,13-23,26-30H2,1-3H3,(H,59,69)(H,60,70)(H,61,73)(H,62,71)/t31?,34-,43+,57+/m1/s1. The molecule has 0 spiro atoms. The lowest BCUT2D eigenvalue weighted by Gasteiger charge is -2.31. The number of hydrogen-bond donors (Lipinski definition) is 5. The van der Waals surface area contributed by atoms with Crippen molar-refractivity contribution >= 4 is 69.7 Å². The summed E-state index contributed by atoms with van der Waals surface area (Å²) in [5.74, 6) is -6.22. The number of nitrogens with zero attached hydrogens (tertiary/aromatic N) is 3. The number of halogens is 1. The number of aryl methyl sites for hydroxylation is 1. The first-order valence-electron chi connectivity index (χ1n) is 26.6. The predicted octanol–water partition coefficient (Wildman–Crippen LogP) is 3.45. The van der Waals surface area contributed by atoms with E-state index in [0.29, 0.717) is 83.2 Å². The van der Waals surface area contributed by atoms with Crippen molar-refractivity contribution in [3.63, 3.8) is 0 Å². The van der Waals surface area contributed by atoms with Crippen LogP contribution in [0.4, 0.5) is 4.39 Å². The Balaban J connectivity index is 0.796. The van der Waals surface area contributed by atoms with Crippen molar-refractivity contribution in [2.24, 2.45) is 11.8 Å². The molecule has 78 heavy (non-hydrogen) atoms. The number of rotatable bonds is 25. The summed E-state index contributed by atoms with van der Waals surface area (Å²) in [6.45, 7) is 3.76. The number of imide groups is 1. The Hall–Kier alpha value is -7.81. The summed E-state index contributed by atoms with van der Waals surface area (Å²) >= 11 is 0. The molecule has 21 heteroatoms. The van der Waals surface area contributed by atoms with E-state index in [-0.39, 0.29) is 112 Å². The van der Waals surface area contributed by atoms with Crippen LogP contribution in [0, 0.1) is 24.6 Å². The fourth-order valence-corrected chi connectivity index (χ4v) is 10.9. The van der Waals surface area contributed by atoms with Gasteiger partial charge in [-0.2, -0.15) is 0 Å². The number of cyclic esters (lactones) is 1. The number of carbonyl (C=O) groups excluding carboxylic acids is 10. The van der Waals surface area contributed by atoms with Crippen LogP contribution in [0.2, 0.25) is 0 Å². The minimum Gasteiger partial charge on any atom is -0.458 e. The number of ketones is 3. The zero-order chi connectivity index (χ0) is 56.0. The molecule has 6 amide bonds. The number of fused-ring (bicyclic) bond motifs is 5. The first kappa shape index (κ1) is 56.4. The van der Waals surface area contributed by atoms with E-state index in [1.807, 2.05) is 0 Å². The first-order valence-corrected chi connectivity index (χ1v) is 26.6. The van der Waals surface area contributed by atoms with Crippen molar-refractivity contribution in [2.45, 2.75) is 135 Å². The molecule has 2 aromatic carbocycles. The maximum Gasteiger partial charge on any atom is 0.343 e. The third-order valence-corrected chi connectivity index (χ3v) is 15.3. The van der Waals surface area contributed by atoms with E-state index in [0.717, 1.165) is 5.56 Å². The maximum absolute atomic E-state index is 15.4. The highest BCUT2D eigenvalue weighted by Crippen LogP contribution is 2.46. The molecule has 2 aromatic heterocycles. The zero-order valence-electron chi connectivity index (χ0n) is 44.0. The van der Waals surface area contributed by atoms with Gasteiger partial charge >= 0.3 is 5.97 Å². The number of carbonyl (C=O) groups is 10. The fourth-order valence-electron chi connectivity index (χ4n) is 10.9. The molecular weight excluding hydrogens is 1010 g/mol. The number of Topliss-reactive ketones (excluding diaryl/α,β-unsaturated/α-hetero) is 3. The fraction of sp³-hybridized carbons (Fsp3) is 0.474. The van der Waals surface area contributed by atoms with Crippen molar-refractivity contribution in [2.75, 3.05) is 26.2 Å². The van der Waals surface area contributed by atoms with Gasteiger partial charge < -0.3 is 35.7 Å². The van der Waals surface area contributed by atoms with Gasteiger partial charge in [-0.25, -0.2) is 14.2 Å². The zero-order valence-corrected chi connectivity index (χ0v) is 44.0. The molecule has 0 bridgehead atoms. The predicted molar refractivity (Wildman–Crippen MR) is 278 cm³/mol. The maximum atomic E-state index is 15.4. The Morgan fingerprint density at radius 2 is 1.54 bits per heavy atom. The minimum atomic E-state index is -2.06. The number of aromatic nitrogens is 2. The molecule has 5 N–H and O–H groups in total. The number of nitrogens with one attached hydrogen (secondary N) is 4. The molecule has 4 aliphatic rings. The number of benzene rings is 2. The lowest BCUT2D eigenvalue weighted by Crippen LogP contribution is -2.44. The van der Waals surface area contributed by atoms with E-state index in [9.17, 15) is 57.8 Å². The van der Waals surface area contributed by atoms with Crippen LogP contribution in [0.5, 0.6) is 0 Å². The van der Waals surface area contributed by atoms with E-state index in [4.69, 9.17) is 9.72 Å². The quantitative estimate of drug-likeness (QED) is 0.0318. The Morgan fingerprint density at radius 3 is 2.24 bits per heavy atom. The average molecular weight is 1070 g/mol. The largest absolute Gasteiger partial charge is 0.458 e. The molecule has 1 unspecified atom stereocenters. The number of amides is 6. The van der Waals surface area contributed by atoms with E-state index in [2.05, 4.69) is 21.3 Å². The van der Waals surface area contributed by atoms with Crippen molar-refractivity contribution in [3.8, 4) is 11.4 Å². The molecular formula is C57H64FN7O13. The lowest BCUT2D eigenvalue weighted by atomic mass is 9.81. The number of likely N-dealkylation sites (tertiary alicyclic amines) is 1. The summed E-state index contributed by atoms with van der Waals surface area (Å²) in [7, 11) is 0. The van der Waals surface area contributed by atoms with Gasteiger partial charge in [-0.15, -0.1) is 0 Å². The summed E-state index contributed by atoms with van der Waals surface area (Å²) in [5, 5.41) is 22.6. The van der Waals surface area contributed by atoms with Crippen LogP contribution in [0.3, 0.4) is 0 Å². The molecule has 1 aliphatic carbocycles. The van der Waals surface area contributed by atoms with Crippen LogP contribution in [0.15, 0.2) is 47.3 Å². The molecule has 4 aromatic rings. The third kappa shape index (κ3) is 12.3. The molecule has 8 rings (SSSR count). The van der Waals surface area contributed by atoms with Crippen molar-refractivity contribution < 1.29 is 62.2 Å². The summed E-state index contributed by atoms with van der Waals surface area (Å²) in [5.41, 5.74) is 1.82. The highest BCUT2D eigenvalue weighted by Gasteiger charge is 2.46. The van der Waals surface area contributed by atoms with Gasteiger partial charge in [-0.05, 0) is 73.8 Å². The smallest absolute Gasteiger partial charge is 0.343 e. The molecule has 1 fully saturated rings. The summed E-state index contributed by atoms with van der Waals surface area (Å²) in [6, 6.07) is 11.1. The van der Waals surface area contributed by atoms with Gasteiger partial charge in [0.05, 0.1) is 54.7 Å². The number of unbranched alkanes of at least 4 members (excludes halogenated alkanes) is 2. The molecule has 1 saturated heterocycles. The molecule has 4 atom stereocenters. The number of ether oxygens (including phenoxy) is 1. The van der Waals surface area contributed by atoms with E-state index in [1.165, 1.54) is 15.5 Å². The molecule has 0 radical (unpaired) electrons. The van der Waals surface area contributed by atoms with Gasteiger partial charge in [0.2, 0.25) is 35.4 Å².